The second-order valence-electron chi connectivity index (χ2n) is 2.44. The van der Waals surface area contributed by atoms with E-state index in [1.165, 1.54) is 11.5 Å². The molecule has 2 N–H and O–H groups in total. The number of nitrogen functional groups attached to an aromatic ring is 1. The summed E-state index contributed by atoms with van der Waals surface area (Å²) in [6, 6.07) is 0. The molecule has 0 aliphatic rings. The fourth-order valence-corrected chi connectivity index (χ4v) is 1.80. The van der Waals surface area contributed by atoms with Gasteiger partial charge in [-0.15, -0.1) is 5.10 Å². The van der Waals surface area contributed by atoms with Gasteiger partial charge in [-0.05, 0) is 5.25 Å². The Morgan fingerprint density at radius 2 is 2.36 bits per heavy atom. The Morgan fingerprint density at radius 1 is 1.64 bits per heavy atom. The number of nitrogens with zero attached hydrogens (tertiary/aromatic N) is 2. The molecule has 1 aromatic heterocycles. The first-order valence-corrected chi connectivity index (χ1v) is 5.20. The monoisotopic (exact) mass is 189 g/mol. The molecule has 0 unspecified atom stereocenters. The van der Waals surface area contributed by atoms with Gasteiger partial charge in [-0.25, -0.2) is 0 Å². The van der Waals surface area contributed by atoms with E-state index in [1.54, 1.807) is 0 Å². The van der Waals surface area contributed by atoms with E-state index in [4.69, 9.17) is 5.73 Å². The lowest BCUT2D eigenvalue weighted by molar-refractivity contribution is 1.06. The van der Waals surface area contributed by atoms with E-state index in [2.05, 4.69) is 23.4 Å². The minimum Gasteiger partial charge on any atom is -0.388 e. The summed E-state index contributed by atoms with van der Waals surface area (Å²) >= 11 is 3.09. The van der Waals surface area contributed by atoms with Gasteiger partial charge in [0, 0.05) is 17.3 Å². The quantitative estimate of drug-likeness (QED) is 0.787. The van der Waals surface area contributed by atoms with Crippen molar-refractivity contribution in [2.45, 2.75) is 24.9 Å². The first-order chi connectivity index (χ1) is 5.20. The summed E-state index contributed by atoms with van der Waals surface area (Å²) in [5.74, 6) is 0.875. The Hall–Kier alpha value is -0.290. The molecule has 0 fully saturated rings. The zero-order chi connectivity index (χ0) is 8.27. The predicted octanol–water partition coefficient (Wildman–Crippen LogP) is 1.76. The second-order valence-corrected chi connectivity index (χ2v) is 4.79. The molecule has 1 aromatic rings. The van der Waals surface area contributed by atoms with Crippen molar-refractivity contribution in [3.05, 3.63) is 5.69 Å². The molecule has 0 spiro atoms. The highest BCUT2D eigenvalue weighted by Crippen LogP contribution is 2.21. The molecule has 0 saturated heterocycles. The van der Waals surface area contributed by atoms with Gasteiger partial charge in [0.05, 0.1) is 0 Å². The van der Waals surface area contributed by atoms with Crippen LogP contribution in [0.25, 0.3) is 0 Å². The molecule has 0 radical (unpaired) electrons. The van der Waals surface area contributed by atoms with Crippen molar-refractivity contribution in [2.75, 3.05) is 5.73 Å². The number of rotatable bonds is 3. The van der Waals surface area contributed by atoms with E-state index in [0.29, 0.717) is 5.25 Å². The van der Waals surface area contributed by atoms with Crippen LogP contribution < -0.4 is 5.73 Å². The summed E-state index contributed by atoms with van der Waals surface area (Å²) in [6.07, 6.45) is 0. The van der Waals surface area contributed by atoms with Gasteiger partial charge < -0.3 is 5.73 Å². The Kier molecular flexibility index (Phi) is 3.14. The van der Waals surface area contributed by atoms with Crippen LogP contribution in [0.5, 0.6) is 0 Å². The van der Waals surface area contributed by atoms with Crippen LogP contribution in [0.1, 0.15) is 19.5 Å². The molecule has 0 aliphatic carbocycles. The van der Waals surface area contributed by atoms with Crippen LogP contribution in [0.4, 0.5) is 5.00 Å². The van der Waals surface area contributed by atoms with Crippen LogP contribution in [0, 0.1) is 0 Å². The molecular formula is C6H11N3S2. The fraction of sp³-hybridized carbons (Fsp3) is 0.667. The predicted molar refractivity (Wildman–Crippen MR) is 50.8 cm³/mol. The van der Waals surface area contributed by atoms with Gasteiger partial charge in [0.2, 0.25) is 0 Å². The average molecular weight is 189 g/mol. The van der Waals surface area contributed by atoms with Crippen LogP contribution in [0.2, 0.25) is 0 Å². The molecule has 11 heavy (non-hydrogen) atoms. The van der Waals surface area contributed by atoms with Crippen LogP contribution in [-0.2, 0) is 5.75 Å². The summed E-state index contributed by atoms with van der Waals surface area (Å²) in [5.41, 5.74) is 6.53. The van der Waals surface area contributed by atoms with Crippen molar-refractivity contribution in [2.24, 2.45) is 0 Å². The van der Waals surface area contributed by atoms with Crippen molar-refractivity contribution in [3.8, 4) is 0 Å². The van der Waals surface area contributed by atoms with Crippen LogP contribution in [0.3, 0.4) is 0 Å². The molecule has 1 heterocycles. The molecule has 5 heteroatoms. The zero-order valence-corrected chi connectivity index (χ0v) is 8.21. The largest absolute Gasteiger partial charge is 0.388 e. The number of hydrogen-bond acceptors (Lipinski definition) is 5. The van der Waals surface area contributed by atoms with Crippen LogP contribution in [0.15, 0.2) is 0 Å². The van der Waals surface area contributed by atoms with Gasteiger partial charge in [0.25, 0.3) is 0 Å². The molecular weight excluding hydrogens is 178 g/mol. The summed E-state index contributed by atoms with van der Waals surface area (Å²) in [6.45, 7) is 4.31. The third-order valence-corrected chi connectivity index (χ3v) is 2.84. The van der Waals surface area contributed by atoms with Gasteiger partial charge in [0.1, 0.15) is 10.7 Å². The Morgan fingerprint density at radius 3 is 2.82 bits per heavy atom. The van der Waals surface area contributed by atoms with Crippen molar-refractivity contribution < 1.29 is 0 Å². The maximum atomic E-state index is 5.61. The van der Waals surface area contributed by atoms with Gasteiger partial charge in [-0.1, -0.05) is 18.3 Å². The van der Waals surface area contributed by atoms with E-state index in [0.717, 1.165) is 16.4 Å². The molecule has 3 nitrogen and oxygen atoms in total. The summed E-state index contributed by atoms with van der Waals surface area (Å²) < 4.78 is 3.75. The highest BCUT2D eigenvalue weighted by Gasteiger charge is 2.04. The lowest BCUT2D eigenvalue weighted by Gasteiger charge is -2.00. The number of anilines is 1. The van der Waals surface area contributed by atoms with Gasteiger partial charge in [0.15, 0.2) is 0 Å². The van der Waals surface area contributed by atoms with Crippen molar-refractivity contribution >= 4 is 28.3 Å². The first kappa shape index (κ1) is 8.80. The molecule has 0 aromatic carbocycles. The zero-order valence-electron chi connectivity index (χ0n) is 6.57. The summed E-state index contributed by atoms with van der Waals surface area (Å²) in [4.78, 5) is 0. The van der Waals surface area contributed by atoms with Crippen LogP contribution in [-0.4, -0.2) is 14.8 Å². The van der Waals surface area contributed by atoms with Crippen molar-refractivity contribution in [1.82, 2.24) is 9.59 Å². The molecule has 62 valence electrons. The Balaban J connectivity index is 2.44. The third kappa shape index (κ3) is 2.67. The lowest BCUT2D eigenvalue weighted by atomic mass is 10.5. The molecule has 0 bridgehead atoms. The average Bonchev–Trinajstić information content (AvgIpc) is 2.31. The van der Waals surface area contributed by atoms with E-state index < -0.39 is 0 Å². The van der Waals surface area contributed by atoms with Crippen molar-refractivity contribution in [1.29, 1.82) is 0 Å². The first-order valence-electron chi connectivity index (χ1n) is 3.38. The van der Waals surface area contributed by atoms with Crippen LogP contribution >= 0.6 is 23.3 Å². The molecule has 0 aliphatic heterocycles. The molecule has 0 amide bonds. The highest BCUT2D eigenvalue weighted by molar-refractivity contribution is 7.99. The third-order valence-electron chi connectivity index (χ3n) is 1.14. The van der Waals surface area contributed by atoms with E-state index in [1.807, 2.05) is 11.8 Å². The maximum absolute atomic E-state index is 5.61. The number of hydrogen-bond donors (Lipinski definition) is 1. The lowest BCUT2D eigenvalue weighted by Crippen LogP contribution is -1.92. The van der Waals surface area contributed by atoms with E-state index in [9.17, 15) is 0 Å². The summed E-state index contributed by atoms with van der Waals surface area (Å²) in [5, 5.41) is 5.28. The topological polar surface area (TPSA) is 51.8 Å². The fourth-order valence-electron chi connectivity index (χ4n) is 0.561. The standard InChI is InChI=1S/C6H11N3S2/c1-4(2)10-3-5-6(7)11-9-8-5/h4H,3,7H2,1-2H3. The van der Waals surface area contributed by atoms with Crippen molar-refractivity contribution in [3.63, 3.8) is 0 Å². The minimum atomic E-state index is 0.621. The van der Waals surface area contributed by atoms with Gasteiger partial charge in [-0.2, -0.15) is 11.8 Å². The smallest absolute Gasteiger partial charge is 0.131 e. The normalized spacial score (nSPS) is 10.8. The summed E-state index contributed by atoms with van der Waals surface area (Å²) in [7, 11) is 0. The van der Waals surface area contributed by atoms with E-state index >= 15 is 0 Å². The molecule has 0 saturated carbocycles. The Bertz CT molecular complexity index is 221. The van der Waals surface area contributed by atoms with Gasteiger partial charge in [-0.3, -0.25) is 0 Å². The van der Waals surface area contributed by atoms with Gasteiger partial charge >= 0.3 is 0 Å². The Labute approximate surface area is 74.5 Å². The SMILES string of the molecule is CC(C)SCc1nnsc1N. The molecule has 1 rings (SSSR count). The molecule has 0 atom stereocenters. The second kappa shape index (κ2) is 3.92. The highest BCUT2D eigenvalue weighted by atomic mass is 32.2. The number of aromatic nitrogens is 2. The van der Waals surface area contributed by atoms with E-state index in [-0.39, 0.29) is 0 Å². The number of thioether (sulfide) groups is 1. The minimum absolute atomic E-state index is 0.621. The maximum Gasteiger partial charge on any atom is 0.131 e. The number of nitrogens with two attached hydrogens (primary N) is 1.